The molecule has 0 fully saturated rings. The van der Waals surface area contributed by atoms with Crippen molar-refractivity contribution in [2.75, 3.05) is 16.0 Å². The Morgan fingerprint density at radius 2 is 1.90 bits per heavy atom. The lowest BCUT2D eigenvalue weighted by Gasteiger charge is -2.38. The largest absolute Gasteiger partial charge is 0.384 e. The van der Waals surface area contributed by atoms with Crippen LogP contribution in [0.1, 0.15) is 54.4 Å². The number of rotatable bonds is 7. The molecular weight excluding hydrogens is 541 g/mol. The molecule has 1 aliphatic carbocycles. The minimum atomic E-state index is -0.509. The van der Waals surface area contributed by atoms with Gasteiger partial charge in [-0.25, -0.2) is 0 Å². The Morgan fingerprint density at radius 1 is 1.18 bits per heavy atom. The maximum atomic E-state index is 13.3. The Kier molecular flexibility index (Phi) is 8.05. The molecule has 1 aliphatic heterocycles. The third-order valence-corrected chi connectivity index (χ3v) is 9.34. The number of nitriles is 1. The molecule has 1 amide bonds. The van der Waals surface area contributed by atoms with Gasteiger partial charge in [0.2, 0.25) is 11.0 Å². The van der Waals surface area contributed by atoms with Gasteiger partial charge >= 0.3 is 0 Å². The molecule has 204 valence electrons. The first-order chi connectivity index (χ1) is 19.3. The number of thioether (sulfide) groups is 1. The molecule has 8 nitrogen and oxygen atoms in total. The molecule has 0 spiro atoms. The first kappa shape index (κ1) is 27.6. The van der Waals surface area contributed by atoms with E-state index in [1.54, 1.807) is 4.90 Å². The Balaban J connectivity index is 1.42. The number of aromatic nitrogens is 2. The lowest BCUT2D eigenvalue weighted by Crippen LogP contribution is -2.38. The Hall–Kier alpha value is -3.94. The molecule has 1 aromatic heterocycles. The van der Waals surface area contributed by atoms with Crippen LogP contribution < -0.4 is 16.0 Å². The highest BCUT2D eigenvalue weighted by atomic mass is 32.2. The zero-order valence-corrected chi connectivity index (χ0v) is 24.3. The minimum Gasteiger partial charge on any atom is -0.384 e. The first-order valence-electron chi connectivity index (χ1n) is 13.2. The van der Waals surface area contributed by atoms with E-state index in [9.17, 15) is 14.9 Å². The molecule has 3 N–H and O–H groups in total. The molecule has 40 heavy (non-hydrogen) atoms. The van der Waals surface area contributed by atoms with Crippen LogP contribution in [0, 0.1) is 25.2 Å². The number of carbonyl (C=O) groups excluding carboxylic acids is 2. The van der Waals surface area contributed by atoms with Gasteiger partial charge in [-0.3, -0.25) is 14.5 Å². The summed E-state index contributed by atoms with van der Waals surface area (Å²) < 4.78 is 0.597. The molecule has 5 rings (SSSR count). The van der Waals surface area contributed by atoms with E-state index in [0.29, 0.717) is 39.9 Å². The quantitative estimate of drug-likeness (QED) is 0.344. The summed E-state index contributed by atoms with van der Waals surface area (Å²) in [7, 11) is 0. The van der Waals surface area contributed by atoms with Crippen LogP contribution in [0.4, 0.5) is 10.8 Å². The third-order valence-electron chi connectivity index (χ3n) is 7.29. The number of allylic oxidation sites excluding steroid dienone is 3. The molecule has 10 heteroatoms. The smallest absolute Gasteiger partial charge is 0.234 e. The van der Waals surface area contributed by atoms with Crippen LogP contribution in [0.25, 0.3) is 0 Å². The van der Waals surface area contributed by atoms with Gasteiger partial charge in [0.05, 0.1) is 23.3 Å². The monoisotopic (exact) mass is 570 g/mol. The number of hydrogen-bond acceptors (Lipinski definition) is 9. The molecule has 0 bridgehead atoms. The standard InChI is InChI=1S/C30H30N6O2S2/c1-4-19-11-13-20(14-12-19)25-21(15-31)28(32)36(22-9-6-10-23(37)26(22)25)29-34-35-30(40-29)39-16-24(38)33-27-17(2)7-5-8-18(27)3/h5,7-8,11-14,25H,4,6,9-10,16,32H2,1-3H3,(H,33,38). The minimum absolute atomic E-state index is 0.0263. The van der Waals surface area contributed by atoms with Crippen molar-refractivity contribution < 1.29 is 9.59 Å². The zero-order valence-electron chi connectivity index (χ0n) is 22.7. The molecule has 0 radical (unpaired) electrons. The van der Waals surface area contributed by atoms with E-state index in [1.807, 2.05) is 56.3 Å². The number of hydrogen-bond donors (Lipinski definition) is 2. The van der Waals surface area contributed by atoms with Gasteiger partial charge in [0.1, 0.15) is 5.82 Å². The highest BCUT2D eigenvalue weighted by Gasteiger charge is 2.41. The van der Waals surface area contributed by atoms with Crippen LogP contribution in [-0.4, -0.2) is 27.6 Å². The van der Waals surface area contributed by atoms with Crippen LogP contribution in [-0.2, 0) is 16.0 Å². The topological polar surface area (TPSA) is 125 Å². The molecule has 0 saturated heterocycles. The average Bonchev–Trinajstić information content (AvgIpc) is 3.42. The van der Waals surface area contributed by atoms with E-state index < -0.39 is 5.92 Å². The van der Waals surface area contributed by atoms with Crippen molar-refractivity contribution in [3.8, 4) is 6.07 Å². The molecule has 2 aromatic carbocycles. The molecule has 1 atom stereocenters. The Morgan fingerprint density at radius 3 is 2.58 bits per heavy atom. The molecule has 0 saturated carbocycles. The van der Waals surface area contributed by atoms with Crippen LogP contribution in [0.3, 0.4) is 0 Å². The van der Waals surface area contributed by atoms with Gasteiger partial charge in [-0.2, -0.15) is 5.26 Å². The first-order valence-corrected chi connectivity index (χ1v) is 15.0. The highest BCUT2D eigenvalue weighted by Crippen LogP contribution is 2.47. The molecule has 1 unspecified atom stereocenters. The van der Waals surface area contributed by atoms with Crippen molar-refractivity contribution in [2.24, 2.45) is 5.73 Å². The van der Waals surface area contributed by atoms with Crippen molar-refractivity contribution in [2.45, 2.75) is 56.7 Å². The lowest BCUT2D eigenvalue weighted by atomic mass is 9.75. The predicted octanol–water partition coefficient (Wildman–Crippen LogP) is 5.75. The summed E-state index contributed by atoms with van der Waals surface area (Å²) in [5.74, 6) is -0.188. The molecule has 3 aromatic rings. The number of para-hydroxylation sites is 1. The number of anilines is 2. The van der Waals surface area contributed by atoms with E-state index in [4.69, 9.17) is 5.73 Å². The van der Waals surface area contributed by atoms with Gasteiger partial charge in [-0.15, -0.1) is 10.2 Å². The van der Waals surface area contributed by atoms with E-state index in [2.05, 4.69) is 28.5 Å². The fourth-order valence-corrected chi connectivity index (χ4v) is 6.93. The van der Waals surface area contributed by atoms with Crippen LogP contribution in [0.5, 0.6) is 0 Å². The number of Topliss-reactive ketones (excluding diaryl/α,β-unsaturated/α-hetero) is 1. The number of nitrogens with zero attached hydrogens (tertiary/aromatic N) is 4. The Bertz CT molecular complexity index is 1560. The summed E-state index contributed by atoms with van der Waals surface area (Å²) in [4.78, 5) is 27.7. The van der Waals surface area contributed by atoms with Gasteiger partial charge in [-0.1, -0.05) is 72.5 Å². The Labute approximate surface area is 242 Å². The fourth-order valence-electron chi connectivity index (χ4n) is 5.25. The maximum Gasteiger partial charge on any atom is 0.234 e. The summed E-state index contributed by atoms with van der Waals surface area (Å²) in [6.07, 6.45) is 2.68. The number of carbonyl (C=O) groups is 2. The lowest BCUT2D eigenvalue weighted by molar-refractivity contribution is -0.116. The third kappa shape index (κ3) is 5.27. The van der Waals surface area contributed by atoms with Crippen LogP contribution in [0.15, 0.2) is 69.5 Å². The number of nitrogens with one attached hydrogen (secondary N) is 1. The van der Waals surface area contributed by atoms with Gasteiger partial charge < -0.3 is 11.1 Å². The average molecular weight is 571 g/mol. The summed E-state index contributed by atoms with van der Waals surface area (Å²) in [5.41, 5.74) is 13.3. The van der Waals surface area contributed by atoms with Crippen LogP contribution >= 0.6 is 23.1 Å². The number of aryl methyl sites for hydroxylation is 3. The van der Waals surface area contributed by atoms with Crippen molar-refractivity contribution >= 4 is 45.6 Å². The van der Waals surface area contributed by atoms with Gasteiger partial charge in [0.15, 0.2) is 10.1 Å². The summed E-state index contributed by atoms with van der Waals surface area (Å²) in [6, 6.07) is 16.2. The maximum absolute atomic E-state index is 13.3. The fraction of sp³-hybridized carbons (Fsp3) is 0.300. The van der Waals surface area contributed by atoms with Crippen molar-refractivity contribution in [1.29, 1.82) is 5.26 Å². The van der Waals surface area contributed by atoms with E-state index in [-0.39, 0.29) is 23.3 Å². The van der Waals surface area contributed by atoms with Gasteiger partial charge in [-0.05, 0) is 55.4 Å². The summed E-state index contributed by atoms with van der Waals surface area (Å²) >= 11 is 2.57. The van der Waals surface area contributed by atoms with Crippen LogP contribution in [0.2, 0.25) is 0 Å². The molecular formula is C30H30N6O2S2. The second-order valence-electron chi connectivity index (χ2n) is 9.87. The van der Waals surface area contributed by atoms with Gasteiger partial charge in [0, 0.05) is 23.4 Å². The number of amides is 1. The normalized spacial score (nSPS) is 17.1. The van der Waals surface area contributed by atoms with E-state index in [0.717, 1.165) is 34.5 Å². The molecule has 2 heterocycles. The summed E-state index contributed by atoms with van der Waals surface area (Å²) in [6.45, 7) is 6.01. The SMILES string of the molecule is CCc1ccc(C2C(C#N)=C(N)N(c3nnc(SCC(=O)Nc4c(C)cccc4C)s3)C3=C2C(=O)CCC3)cc1. The van der Waals surface area contributed by atoms with Crippen molar-refractivity contribution in [3.05, 3.63) is 87.4 Å². The van der Waals surface area contributed by atoms with E-state index in [1.165, 1.54) is 28.7 Å². The predicted molar refractivity (Wildman–Crippen MR) is 159 cm³/mol. The number of nitrogens with two attached hydrogens (primary N) is 1. The number of benzene rings is 2. The van der Waals surface area contributed by atoms with Crippen molar-refractivity contribution in [1.82, 2.24) is 10.2 Å². The second-order valence-corrected chi connectivity index (χ2v) is 12.0. The van der Waals surface area contributed by atoms with E-state index >= 15 is 0 Å². The summed E-state index contributed by atoms with van der Waals surface area (Å²) in [5, 5.41) is 22.3. The zero-order chi connectivity index (χ0) is 28.4. The van der Waals surface area contributed by atoms with Crippen molar-refractivity contribution in [3.63, 3.8) is 0 Å². The molecule has 2 aliphatic rings. The second kappa shape index (κ2) is 11.7. The highest BCUT2D eigenvalue weighted by molar-refractivity contribution is 8.01. The van der Waals surface area contributed by atoms with Gasteiger partial charge in [0.25, 0.3) is 0 Å². The number of ketones is 1.